The first-order valence-electron chi connectivity index (χ1n) is 9.94. The number of carbonyl (C=O) groups excluding carboxylic acids is 2. The van der Waals surface area contributed by atoms with Crippen LogP contribution in [0.4, 0.5) is 4.79 Å². The fourth-order valence-electron chi connectivity index (χ4n) is 4.55. The molecule has 1 fully saturated rings. The zero-order valence-electron chi connectivity index (χ0n) is 16.3. The number of nitrogens with zero attached hydrogens (tertiary/aromatic N) is 1. The summed E-state index contributed by atoms with van der Waals surface area (Å²) in [6, 6.07) is 14.1. The van der Waals surface area contributed by atoms with Gasteiger partial charge < -0.3 is 5.32 Å². The van der Waals surface area contributed by atoms with E-state index in [-0.39, 0.29) is 18.0 Å². The van der Waals surface area contributed by atoms with Gasteiger partial charge in [-0.2, -0.15) is 0 Å². The number of hydrogen-bond donors (Lipinski definition) is 1. The second kappa shape index (κ2) is 7.36. The van der Waals surface area contributed by atoms with Crippen LogP contribution in [0.25, 0.3) is 0 Å². The Kier molecular flexibility index (Phi) is 5.04. The van der Waals surface area contributed by atoms with Crippen molar-refractivity contribution in [3.05, 3.63) is 69.2 Å². The molecule has 146 valence electrons. The third kappa shape index (κ3) is 3.16. The number of benzene rings is 2. The molecule has 1 spiro atoms. The average molecular weight is 441 g/mol. The van der Waals surface area contributed by atoms with Crippen molar-refractivity contribution in [2.24, 2.45) is 0 Å². The molecule has 2 aromatic carbocycles. The van der Waals surface area contributed by atoms with Crippen molar-refractivity contribution in [1.82, 2.24) is 10.2 Å². The van der Waals surface area contributed by atoms with Gasteiger partial charge in [0.15, 0.2) is 0 Å². The Bertz CT molecular complexity index is 940. The second-order valence-corrected chi connectivity index (χ2v) is 8.94. The Balaban J connectivity index is 1.86. The normalized spacial score (nSPS) is 22.2. The predicted octanol–water partition coefficient (Wildman–Crippen LogP) is 4.73. The zero-order valence-corrected chi connectivity index (χ0v) is 17.9. The van der Waals surface area contributed by atoms with Crippen molar-refractivity contribution in [1.29, 1.82) is 0 Å². The zero-order chi connectivity index (χ0) is 19.9. The summed E-state index contributed by atoms with van der Waals surface area (Å²) < 4.78 is 0.924. The van der Waals surface area contributed by atoms with Gasteiger partial charge in [-0.15, -0.1) is 0 Å². The number of halogens is 1. The molecule has 5 heteroatoms. The van der Waals surface area contributed by atoms with Crippen molar-refractivity contribution in [2.45, 2.75) is 57.5 Å². The first-order valence-corrected chi connectivity index (χ1v) is 10.7. The minimum atomic E-state index is -1.01. The maximum Gasteiger partial charge on any atom is 0.325 e. The van der Waals surface area contributed by atoms with E-state index in [0.29, 0.717) is 6.42 Å². The highest BCUT2D eigenvalue weighted by atomic mass is 79.9. The van der Waals surface area contributed by atoms with Crippen LogP contribution < -0.4 is 5.32 Å². The molecule has 1 unspecified atom stereocenters. The number of imide groups is 1. The summed E-state index contributed by atoms with van der Waals surface area (Å²) in [5.74, 6) is -0.134. The molecule has 0 bridgehead atoms. The van der Waals surface area contributed by atoms with E-state index in [1.165, 1.54) is 16.0 Å². The molecule has 1 N–H and O–H groups in total. The van der Waals surface area contributed by atoms with Crippen LogP contribution in [-0.2, 0) is 29.6 Å². The number of fused-ring (bicyclic) bond motifs is 3. The van der Waals surface area contributed by atoms with Crippen LogP contribution in [0.2, 0.25) is 0 Å². The van der Waals surface area contributed by atoms with Crippen molar-refractivity contribution < 1.29 is 9.59 Å². The van der Waals surface area contributed by atoms with Crippen molar-refractivity contribution in [3.8, 4) is 0 Å². The molecule has 1 heterocycles. The fraction of sp³-hybridized carbons (Fsp3) is 0.391. The molecule has 0 aromatic heterocycles. The maximum atomic E-state index is 13.6. The summed E-state index contributed by atoms with van der Waals surface area (Å²) in [5, 5.41) is 3.10. The van der Waals surface area contributed by atoms with E-state index in [4.69, 9.17) is 0 Å². The van der Waals surface area contributed by atoms with E-state index >= 15 is 0 Å². The van der Waals surface area contributed by atoms with Gasteiger partial charge in [0.2, 0.25) is 0 Å². The van der Waals surface area contributed by atoms with Gasteiger partial charge in [0.1, 0.15) is 5.54 Å². The average Bonchev–Trinajstić information content (AvgIpc) is 2.92. The van der Waals surface area contributed by atoms with Crippen molar-refractivity contribution >= 4 is 27.9 Å². The summed E-state index contributed by atoms with van der Waals surface area (Å²) in [5.41, 5.74) is 3.68. The van der Waals surface area contributed by atoms with Crippen LogP contribution in [0.15, 0.2) is 46.9 Å². The molecule has 4 nitrogen and oxygen atoms in total. The summed E-state index contributed by atoms with van der Waals surface area (Å²) >= 11 is 3.57. The third-order valence-corrected chi connectivity index (χ3v) is 6.44. The third-order valence-electron chi connectivity index (χ3n) is 5.95. The molecule has 2 aliphatic rings. The number of aryl methyl sites for hydroxylation is 3. The largest absolute Gasteiger partial charge is 0.325 e. The number of nitrogens with one attached hydrogen (secondary N) is 1. The molecule has 0 saturated carbocycles. The van der Waals surface area contributed by atoms with E-state index in [9.17, 15) is 9.59 Å². The number of amides is 3. The lowest BCUT2D eigenvalue weighted by Gasteiger charge is -2.31. The van der Waals surface area contributed by atoms with Crippen molar-refractivity contribution in [3.63, 3.8) is 0 Å². The molecule has 1 aliphatic carbocycles. The highest BCUT2D eigenvalue weighted by Gasteiger charge is 2.53. The highest BCUT2D eigenvalue weighted by Crippen LogP contribution is 2.39. The summed E-state index contributed by atoms with van der Waals surface area (Å²) in [7, 11) is 0. The molecule has 1 atom stereocenters. The summed E-state index contributed by atoms with van der Waals surface area (Å²) in [4.78, 5) is 27.8. The molecule has 2 aromatic rings. The molecule has 0 radical (unpaired) electrons. The van der Waals surface area contributed by atoms with Gasteiger partial charge in [-0.05, 0) is 80.3 Å². The van der Waals surface area contributed by atoms with Gasteiger partial charge >= 0.3 is 6.03 Å². The lowest BCUT2D eigenvalue weighted by molar-refractivity contribution is -0.133. The minimum absolute atomic E-state index is 0.134. The Morgan fingerprint density at radius 2 is 1.68 bits per heavy atom. The van der Waals surface area contributed by atoms with E-state index in [0.717, 1.165) is 41.3 Å². The number of rotatable bonds is 1. The first-order chi connectivity index (χ1) is 13.4. The number of carbonyl (C=O) groups is 2. The Labute approximate surface area is 174 Å². The van der Waals surface area contributed by atoms with Crippen LogP contribution in [0, 0.1) is 0 Å². The number of hydrogen-bond acceptors (Lipinski definition) is 2. The predicted molar refractivity (Wildman–Crippen MR) is 113 cm³/mol. The first kappa shape index (κ1) is 19.2. The van der Waals surface area contributed by atoms with E-state index in [1.54, 1.807) is 0 Å². The summed E-state index contributed by atoms with van der Waals surface area (Å²) in [6.45, 7) is 3.77. The molecule has 3 amide bonds. The van der Waals surface area contributed by atoms with E-state index in [2.05, 4.69) is 51.6 Å². The molecular weight excluding hydrogens is 416 g/mol. The van der Waals surface area contributed by atoms with Gasteiger partial charge in [-0.1, -0.05) is 46.3 Å². The van der Waals surface area contributed by atoms with E-state index < -0.39 is 5.54 Å². The van der Waals surface area contributed by atoms with Gasteiger partial charge in [0, 0.05) is 10.5 Å². The topological polar surface area (TPSA) is 49.4 Å². The second-order valence-electron chi connectivity index (χ2n) is 8.03. The smallest absolute Gasteiger partial charge is 0.319 e. The van der Waals surface area contributed by atoms with Crippen LogP contribution in [0.5, 0.6) is 0 Å². The fourth-order valence-corrected chi connectivity index (χ4v) is 4.91. The minimum Gasteiger partial charge on any atom is -0.319 e. The summed E-state index contributed by atoms with van der Waals surface area (Å²) in [6.07, 6.45) is 4.22. The highest BCUT2D eigenvalue weighted by molar-refractivity contribution is 9.10. The monoisotopic (exact) mass is 440 g/mol. The van der Waals surface area contributed by atoms with Gasteiger partial charge in [-0.3, -0.25) is 9.69 Å². The van der Waals surface area contributed by atoms with Crippen molar-refractivity contribution in [2.75, 3.05) is 0 Å². The number of urea groups is 1. The van der Waals surface area contributed by atoms with Crippen LogP contribution in [0.3, 0.4) is 0 Å². The van der Waals surface area contributed by atoms with E-state index in [1.807, 2.05) is 26.0 Å². The van der Waals surface area contributed by atoms with Gasteiger partial charge in [0.05, 0.1) is 0 Å². The van der Waals surface area contributed by atoms with Gasteiger partial charge in [0.25, 0.3) is 5.91 Å². The Hall–Kier alpha value is -2.14. The molecule has 1 aliphatic heterocycles. The molecular formula is C23H25BrN2O2. The van der Waals surface area contributed by atoms with Crippen LogP contribution in [-0.4, -0.2) is 22.9 Å². The van der Waals surface area contributed by atoms with Crippen LogP contribution in [0.1, 0.15) is 48.9 Å². The molecule has 4 rings (SSSR count). The quantitative estimate of drug-likeness (QED) is 0.651. The lowest BCUT2D eigenvalue weighted by Crippen LogP contribution is -2.46. The maximum absolute atomic E-state index is 13.6. The lowest BCUT2D eigenvalue weighted by atomic mass is 9.78. The van der Waals surface area contributed by atoms with Crippen LogP contribution >= 0.6 is 15.9 Å². The standard InChI is InChI=1S/C23H25BrN2O2/c1-15(2)26-21(27)23(25-22(26)28)13-12-17-7-4-3-6-16(17)8-5-9-18-10-11-19(24)14-20(18)23/h3-4,6-7,10-11,14-15H,5,8-9,12-13H2,1-2H3,(H,25,28). The Morgan fingerprint density at radius 1 is 1.00 bits per heavy atom. The molecule has 1 saturated heterocycles. The van der Waals surface area contributed by atoms with Gasteiger partial charge in [-0.25, -0.2) is 4.79 Å². The Morgan fingerprint density at radius 3 is 2.36 bits per heavy atom. The molecule has 28 heavy (non-hydrogen) atoms. The SMILES string of the molecule is CC(C)N1C(=O)NC2(CCc3ccccc3CCCc3ccc(Br)cc32)C1=O.